The van der Waals surface area contributed by atoms with Crippen LogP contribution in [0.2, 0.25) is 0 Å². The maximum atomic E-state index is 10.9. The summed E-state index contributed by atoms with van der Waals surface area (Å²) in [6, 6.07) is 14.8. The van der Waals surface area contributed by atoms with Gasteiger partial charge in [0.15, 0.2) is 0 Å². The molecule has 0 spiro atoms. The first-order valence-electron chi connectivity index (χ1n) is 6.69. The minimum absolute atomic E-state index is 0.114. The van der Waals surface area contributed by atoms with Crippen molar-refractivity contribution in [2.45, 2.75) is 13.1 Å². The molecule has 3 rings (SSSR count). The molecule has 0 bridgehead atoms. The normalized spacial score (nSPS) is 10.9. The second kappa shape index (κ2) is 5.38. The topological polar surface area (TPSA) is 74.1 Å². The first kappa shape index (κ1) is 13.3. The third-order valence-corrected chi connectivity index (χ3v) is 3.57. The fourth-order valence-electron chi connectivity index (χ4n) is 2.58. The number of hydrogen-bond acceptors (Lipinski definition) is 3. The number of nitro benzene ring substituents is 1. The maximum absolute atomic E-state index is 10.9. The van der Waals surface area contributed by atoms with Crippen LogP contribution in [0.1, 0.15) is 11.1 Å². The van der Waals surface area contributed by atoms with Crippen molar-refractivity contribution < 1.29 is 4.92 Å². The summed E-state index contributed by atoms with van der Waals surface area (Å²) in [6.07, 6.45) is 2.02. The molecule has 106 valence electrons. The first-order valence-corrected chi connectivity index (χ1v) is 6.69. The fraction of sp³-hybridized carbons (Fsp3) is 0.125. The van der Waals surface area contributed by atoms with E-state index in [0.29, 0.717) is 13.1 Å². The van der Waals surface area contributed by atoms with Gasteiger partial charge in [-0.2, -0.15) is 0 Å². The highest BCUT2D eigenvalue weighted by Crippen LogP contribution is 2.23. The molecule has 0 aliphatic heterocycles. The van der Waals surface area contributed by atoms with Gasteiger partial charge in [0.2, 0.25) is 0 Å². The largest absolute Gasteiger partial charge is 0.343 e. The van der Waals surface area contributed by atoms with Gasteiger partial charge in [-0.1, -0.05) is 30.3 Å². The molecule has 21 heavy (non-hydrogen) atoms. The lowest BCUT2D eigenvalue weighted by atomic mass is 10.2. The molecule has 5 heteroatoms. The smallest absolute Gasteiger partial charge is 0.269 e. The van der Waals surface area contributed by atoms with Gasteiger partial charge in [-0.15, -0.1) is 0 Å². The molecule has 0 unspecified atom stereocenters. The van der Waals surface area contributed by atoms with E-state index in [0.717, 1.165) is 22.0 Å². The van der Waals surface area contributed by atoms with E-state index in [-0.39, 0.29) is 10.6 Å². The lowest BCUT2D eigenvalue weighted by molar-refractivity contribution is -0.384. The van der Waals surface area contributed by atoms with Gasteiger partial charge in [0.25, 0.3) is 5.69 Å². The van der Waals surface area contributed by atoms with E-state index >= 15 is 0 Å². The Balaban J connectivity index is 2.02. The number of nitro groups is 1. The molecule has 5 nitrogen and oxygen atoms in total. The van der Waals surface area contributed by atoms with Gasteiger partial charge in [-0.3, -0.25) is 10.1 Å². The molecule has 1 heterocycles. The van der Waals surface area contributed by atoms with Crippen LogP contribution >= 0.6 is 0 Å². The Labute approximate surface area is 121 Å². The molecule has 0 fully saturated rings. The van der Waals surface area contributed by atoms with Crippen molar-refractivity contribution in [1.29, 1.82) is 0 Å². The highest BCUT2D eigenvalue weighted by atomic mass is 16.6. The average Bonchev–Trinajstić information content (AvgIpc) is 2.86. The molecular formula is C16H15N3O2. The molecule has 3 aromatic rings. The lowest BCUT2D eigenvalue weighted by Crippen LogP contribution is -1.99. The van der Waals surface area contributed by atoms with Crippen LogP contribution in [0.5, 0.6) is 0 Å². The fourth-order valence-corrected chi connectivity index (χ4v) is 2.58. The van der Waals surface area contributed by atoms with Crippen molar-refractivity contribution >= 4 is 16.6 Å². The quantitative estimate of drug-likeness (QED) is 0.590. The number of hydrogen-bond donors (Lipinski definition) is 1. The van der Waals surface area contributed by atoms with E-state index in [9.17, 15) is 10.1 Å². The van der Waals surface area contributed by atoms with Crippen molar-refractivity contribution in [2.24, 2.45) is 5.73 Å². The van der Waals surface area contributed by atoms with E-state index in [1.807, 2.05) is 36.5 Å². The summed E-state index contributed by atoms with van der Waals surface area (Å²) >= 11 is 0. The second-order valence-corrected chi connectivity index (χ2v) is 4.93. The Morgan fingerprint density at radius 2 is 1.95 bits per heavy atom. The molecule has 0 radical (unpaired) electrons. The van der Waals surface area contributed by atoms with E-state index < -0.39 is 0 Å². The van der Waals surface area contributed by atoms with Crippen LogP contribution in [-0.2, 0) is 13.1 Å². The summed E-state index contributed by atoms with van der Waals surface area (Å²) in [6.45, 7) is 1.06. The molecule has 1 aromatic heterocycles. The van der Waals surface area contributed by atoms with Gasteiger partial charge in [-0.25, -0.2) is 0 Å². The van der Waals surface area contributed by atoms with Crippen molar-refractivity contribution in [2.75, 3.05) is 0 Å². The molecule has 0 atom stereocenters. The Kier molecular flexibility index (Phi) is 3.41. The summed E-state index contributed by atoms with van der Waals surface area (Å²) in [5.74, 6) is 0. The standard InChI is InChI=1S/C16H15N3O2/c17-9-13-11-18(16-7-2-1-6-15(13)16)10-12-4-3-5-14(8-12)19(20)21/h1-8,11H,9-10,17H2. The van der Waals surface area contributed by atoms with Crippen molar-refractivity contribution in [3.8, 4) is 0 Å². The molecule has 0 saturated heterocycles. The number of non-ortho nitro benzene ring substituents is 1. The van der Waals surface area contributed by atoms with Crippen LogP contribution in [-0.4, -0.2) is 9.49 Å². The zero-order chi connectivity index (χ0) is 14.8. The molecule has 0 aliphatic carbocycles. The Hall–Kier alpha value is -2.66. The lowest BCUT2D eigenvalue weighted by Gasteiger charge is -2.05. The third-order valence-electron chi connectivity index (χ3n) is 3.57. The Morgan fingerprint density at radius 3 is 2.71 bits per heavy atom. The van der Waals surface area contributed by atoms with Crippen LogP contribution in [0.25, 0.3) is 10.9 Å². The summed E-state index contributed by atoms with van der Waals surface area (Å²) in [4.78, 5) is 10.5. The van der Waals surface area contributed by atoms with Crippen LogP contribution in [0.4, 0.5) is 5.69 Å². The molecule has 0 saturated carbocycles. The number of rotatable bonds is 4. The van der Waals surface area contributed by atoms with E-state index in [2.05, 4.69) is 4.57 Å². The van der Waals surface area contributed by atoms with Crippen molar-refractivity contribution in [1.82, 2.24) is 4.57 Å². The van der Waals surface area contributed by atoms with Crippen molar-refractivity contribution in [3.63, 3.8) is 0 Å². The number of para-hydroxylation sites is 1. The van der Waals surface area contributed by atoms with Crippen molar-refractivity contribution in [3.05, 3.63) is 76.0 Å². The molecule has 0 amide bonds. The predicted octanol–water partition coefficient (Wildman–Crippen LogP) is 3.06. The predicted molar refractivity (Wildman–Crippen MR) is 82.0 cm³/mol. The van der Waals surface area contributed by atoms with E-state index in [1.165, 1.54) is 6.07 Å². The zero-order valence-electron chi connectivity index (χ0n) is 11.4. The number of fused-ring (bicyclic) bond motifs is 1. The van der Waals surface area contributed by atoms with Gasteiger partial charge in [0.1, 0.15) is 0 Å². The van der Waals surface area contributed by atoms with Crippen LogP contribution in [0.15, 0.2) is 54.7 Å². The summed E-state index contributed by atoms with van der Waals surface area (Å²) < 4.78 is 2.08. The van der Waals surface area contributed by atoms with Gasteiger partial charge in [-0.05, 0) is 17.2 Å². The zero-order valence-corrected chi connectivity index (χ0v) is 11.4. The van der Waals surface area contributed by atoms with Gasteiger partial charge < -0.3 is 10.3 Å². The molecule has 2 aromatic carbocycles. The molecular weight excluding hydrogens is 266 g/mol. The maximum Gasteiger partial charge on any atom is 0.269 e. The Bertz CT molecular complexity index is 808. The monoisotopic (exact) mass is 281 g/mol. The van der Waals surface area contributed by atoms with Gasteiger partial charge in [0.05, 0.1) is 4.92 Å². The molecule has 0 aliphatic rings. The second-order valence-electron chi connectivity index (χ2n) is 4.93. The number of aromatic nitrogens is 1. The van der Waals surface area contributed by atoms with Gasteiger partial charge in [0, 0.05) is 42.3 Å². The highest BCUT2D eigenvalue weighted by molar-refractivity contribution is 5.84. The molecule has 2 N–H and O–H groups in total. The first-order chi connectivity index (χ1) is 10.2. The Morgan fingerprint density at radius 1 is 1.14 bits per heavy atom. The van der Waals surface area contributed by atoms with Crippen LogP contribution < -0.4 is 5.73 Å². The minimum Gasteiger partial charge on any atom is -0.343 e. The number of benzene rings is 2. The van der Waals surface area contributed by atoms with Crippen LogP contribution in [0.3, 0.4) is 0 Å². The summed E-state index contributed by atoms with van der Waals surface area (Å²) in [5.41, 5.74) is 8.96. The van der Waals surface area contributed by atoms with Gasteiger partial charge >= 0.3 is 0 Å². The van der Waals surface area contributed by atoms with E-state index in [4.69, 9.17) is 5.73 Å². The number of nitrogens with zero attached hydrogens (tertiary/aromatic N) is 2. The summed E-state index contributed by atoms with van der Waals surface area (Å²) in [5, 5.41) is 12.0. The third kappa shape index (κ3) is 2.51. The van der Waals surface area contributed by atoms with Crippen LogP contribution in [0, 0.1) is 10.1 Å². The SMILES string of the molecule is NCc1cn(Cc2cccc([N+](=O)[O-])c2)c2ccccc12. The summed E-state index contributed by atoms with van der Waals surface area (Å²) in [7, 11) is 0. The number of nitrogens with two attached hydrogens (primary N) is 1. The highest BCUT2D eigenvalue weighted by Gasteiger charge is 2.09. The average molecular weight is 281 g/mol. The van der Waals surface area contributed by atoms with E-state index in [1.54, 1.807) is 12.1 Å². The minimum atomic E-state index is -0.372.